The fourth-order valence-electron chi connectivity index (χ4n) is 1.81. The van der Waals surface area contributed by atoms with E-state index in [-0.39, 0.29) is 11.7 Å². The summed E-state index contributed by atoms with van der Waals surface area (Å²) in [6.45, 7) is 8.41. The van der Waals surface area contributed by atoms with Crippen molar-refractivity contribution in [1.82, 2.24) is 4.90 Å². The maximum atomic E-state index is 8.54. The Morgan fingerprint density at radius 3 is 2.83 bits per heavy atom. The SMILES string of the molecule is CC1CN(CC#N)CC(C)(C)O1. The van der Waals surface area contributed by atoms with Crippen LogP contribution < -0.4 is 0 Å². The molecule has 0 radical (unpaired) electrons. The molecule has 1 fully saturated rings. The Bertz CT molecular complexity index is 195. The van der Waals surface area contributed by atoms with Crippen LogP contribution in [-0.2, 0) is 4.74 Å². The van der Waals surface area contributed by atoms with E-state index < -0.39 is 0 Å². The van der Waals surface area contributed by atoms with Crippen LogP contribution in [0.15, 0.2) is 0 Å². The van der Waals surface area contributed by atoms with Crippen molar-refractivity contribution in [2.45, 2.75) is 32.5 Å². The van der Waals surface area contributed by atoms with E-state index in [1.807, 2.05) is 6.92 Å². The molecule has 3 heteroatoms. The molecular formula is C9H16N2O. The molecule has 12 heavy (non-hydrogen) atoms. The van der Waals surface area contributed by atoms with Crippen molar-refractivity contribution >= 4 is 0 Å². The molecule has 1 aliphatic heterocycles. The van der Waals surface area contributed by atoms with Gasteiger partial charge in [0.05, 0.1) is 24.3 Å². The second-order valence-corrected chi connectivity index (χ2v) is 4.02. The molecular weight excluding hydrogens is 152 g/mol. The zero-order valence-corrected chi connectivity index (χ0v) is 8.00. The molecule has 3 nitrogen and oxygen atoms in total. The minimum absolute atomic E-state index is 0.103. The molecule has 0 aliphatic carbocycles. The van der Waals surface area contributed by atoms with Crippen LogP contribution in [-0.4, -0.2) is 36.2 Å². The number of hydrogen-bond donors (Lipinski definition) is 0. The first-order valence-electron chi connectivity index (χ1n) is 4.30. The van der Waals surface area contributed by atoms with Crippen molar-refractivity contribution in [3.63, 3.8) is 0 Å². The molecule has 1 heterocycles. The van der Waals surface area contributed by atoms with Gasteiger partial charge in [0.1, 0.15) is 0 Å². The van der Waals surface area contributed by atoms with Crippen LogP contribution in [0.1, 0.15) is 20.8 Å². The smallest absolute Gasteiger partial charge is 0.0867 e. The lowest BCUT2D eigenvalue weighted by Gasteiger charge is -2.40. The van der Waals surface area contributed by atoms with Gasteiger partial charge in [-0.2, -0.15) is 5.26 Å². The molecule has 1 rings (SSSR count). The summed E-state index contributed by atoms with van der Waals surface area (Å²) < 4.78 is 5.70. The molecule has 68 valence electrons. The summed E-state index contributed by atoms with van der Waals surface area (Å²) in [5.41, 5.74) is -0.103. The van der Waals surface area contributed by atoms with Crippen LogP contribution in [0.25, 0.3) is 0 Å². The summed E-state index contributed by atoms with van der Waals surface area (Å²) >= 11 is 0. The average molecular weight is 168 g/mol. The fraction of sp³-hybridized carbons (Fsp3) is 0.889. The van der Waals surface area contributed by atoms with Gasteiger partial charge in [-0.3, -0.25) is 4.90 Å². The minimum atomic E-state index is -0.103. The lowest BCUT2D eigenvalue weighted by Crippen LogP contribution is -2.51. The van der Waals surface area contributed by atoms with Gasteiger partial charge in [0.25, 0.3) is 0 Å². The summed E-state index contributed by atoms with van der Waals surface area (Å²) in [5, 5.41) is 8.54. The molecule has 1 aliphatic rings. The van der Waals surface area contributed by atoms with Crippen LogP contribution in [0.4, 0.5) is 0 Å². The highest BCUT2D eigenvalue weighted by molar-refractivity contribution is 4.87. The highest BCUT2D eigenvalue weighted by atomic mass is 16.5. The number of morpholine rings is 1. The van der Waals surface area contributed by atoms with Crippen LogP contribution in [0.2, 0.25) is 0 Å². The third kappa shape index (κ3) is 2.47. The molecule has 0 aromatic carbocycles. The maximum absolute atomic E-state index is 8.54. The predicted molar refractivity (Wildman–Crippen MR) is 46.7 cm³/mol. The fourth-order valence-corrected chi connectivity index (χ4v) is 1.81. The van der Waals surface area contributed by atoms with Crippen LogP contribution in [0.5, 0.6) is 0 Å². The molecule has 0 saturated carbocycles. The quantitative estimate of drug-likeness (QED) is 0.548. The molecule has 1 unspecified atom stereocenters. The Hall–Kier alpha value is -0.590. The number of hydrogen-bond acceptors (Lipinski definition) is 3. The molecule has 0 aromatic heterocycles. The van der Waals surface area contributed by atoms with Crippen molar-refractivity contribution in [3.05, 3.63) is 0 Å². The van der Waals surface area contributed by atoms with Crippen molar-refractivity contribution < 1.29 is 4.74 Å². The first-order chi connectivity index (χ1) is 5.53. The number of ether oxygens (including phenoxy) is 1. The van der Waals surface area contributed by atoms with Crippen LogP contribution in [0, 0.1) is 11.3 Å². The summed E-state index contributed by atoms with van der Waals surface area (Å²) in [6, 6.07) is 2.17. The third-order valence-corrected chi connectivity index (χ3v) is 1.93. The van der Waals surface area contributed by atoms with Gasteiger partial charge in [0, 0.05) is 13.1 Å². The van der Waals surface area contributed by atoms with Gasteiger partial charge in [-0.25, -0.2) is 0 Å². The van der Waals surface area contributed by atoms with Crippen LogP contribution >= 0.6 is 0 Å². The Kier molecular flexibility index (Phi) is 2.71. The standard InChI is InChI=1S/C9H16N2O/c1-8-6-11(5-4-10)7-9(2,3)12-8/h8H,5-7H2,1-3H3. The van der Waals surface area contributed by atoms with Gasteiger partial charge < -0.3 is 4.74 Å². The molecule has 1 saturated heterocycles. The lowest BCUT2D eigenvalue weighted by atomic mass is 10.1. The zero-order chi connectivity index (χ0) is 9.19. The van der Waals surface area contributed by atoms with Gasteiger partial charge in [-0.15, -0.1) is 0 Å². The topological polar surface area (TPSA) is 36.3 Å². The molecule has 0 aromatic rings. The first kappa shape index (κ1) is 9.50. The Morgan fingerprint density at radius 2 is 2.33 bits per heavy atom. The normalized spacial score (nSPS) is 29.7. The number of rotatable bonds is 1. The summed E-state index contributed by atoms with van der Waals surface area (Å²) in [4.78, 5) is 2.13. The summed E-state index contributed by atoms with van der Waals surface area (Å²) in [5.74, 6) is 0. The Labute approximate surface area is 73.9 Å². The van der Waals surface area contributed by atoms with Crippen molar-refractivity contribution in [2.24, 2.45) is 0 Å². The van der Waals surface area contributed by atoms with E-state index in [1.165, 1.54) is 0 Å². The molecule has 0 N–H and O–H groups in total. The largest absolute Gasteiger partial charge is 0.370 e. The summed E-state index contributed by atoms with van der Waals surface area (Å²) in [6.07, 6.45) is 0.238. The van der Waals surface area contributed by atoms with E-state index in [1.54, 1.807) is 0 Å². The second kappa shape index (κ2) is 3.42. The van der Waals surface area contributed by atoms with E-state index in [0.29, 0.717) is 6.54 Å². The van der Waals surface area contributed by atoms with Crippen LogP contribution in [0.3, 0.4) is 0 Å². The average Bonchev–Trinajstić information content (AvgIpc) is 1.82. The number of nitrogens with zero attached hydrogens (tertiary/aromatic N) is 2. The lowest BCUT2D eigenvalue weighted by molar-refractivity contribution is -0.125. The van der Waals surface area contributed by atoms with Gasteiger partial charge in [0.15, 0.2) is 0 Å². The van der Waals surface area contributed by atoms with Crippen molar-refractivity contribution in [1.29, 1.82) is 5.26 Å². The molecule has 0 amide bonds. The maximum Gasteiger partial charge on any atom is 0.0867 e. The highest BCUT2D eigenvalue weighted by Gasteiger charge is 2.30. The summed E-state index contributed by atoms with van der Waals surface area (Å²) in [7, 11) is 0. The molecule has 0 bridgehead atoms. The zero-order valence-electron chi connectivity index (χ0n) is 8.00. The van der Waals surface area contributed by atoms with Gasteiger partial charge in [-0.05, 0) is 20.8 Å². The second-order valence-electron chi connectivity index (χ2n) is 4.02. The van der Waals surface area contributed by atoms with E-state index in [0.717, 1.165) is 13.1 Å². The molecule has 1 atom stereocenters. The Morgan fingerprint density at radius 1 is 1.67 bits per heavy atom. The van der Waals surface area contributed by atoms with Gasteiger partial charge >= 0.3 is 0 Å². The molecule has 0 spiro atoms. The third-order valence-electron chi connectivity index (χ3n) is 1.93. The van der Waals surface area contributed by atoms with E-state index >= 15 is 0 Å². The first-order valence-corrected chi connectivity index (χ1v) is 4.30. The minimum Gasteiger partial charge on any atom is -0.370 e. The Balaban J connectivity index is 2.53. The van der Waals surface area contributed by atoms with E-state index in [2.05, 4.69) is 24.8 Å². The van der Waals surface area contributed by atoms with E-state index in [4.69, 9.17) is 10.00 Å². The highest BCUT2D eigenvalue weighted by Crippen LogP contribution is 2.19. The predicted octanol–water partition coefficient (Wildman–Crippen LogP) is 1.01. The van der Waals surface area contributed by atoms with Gasteiger partial charge in [0.2, 0.25) is 0 Å². The van der Waals surface area contributed by atoms with Crippen molar-refractivity contribution in [3.8, 4) is 6.07 Å². The number of nitriles is 1. The van der Waals surface area contributed by atoms with Crippen molar-refractivity contribution in [2.75, 3.05) is 19.6 Å². The van der Waals surface area contributed by atoms with Gasteiger partial charge in [-0.1, -0.05) is 0 Å². The monoisotopic (exact) mass is 168 g/mol. The van der Waals surface area contributed by atoms with E-state index in [9.17, 15) is 0 Å².